The Balaban J connectivity index is 1.63. The van der Waals surface area contributed by atoms with Gasteiger partial charge in [-0.15, -0.1) is 0 Å². The molecule has 26 heavy (non-hydrogen) atoms. The molecule has 0 aliphatic carbocycles. The lowest BCUT2D eigenvalue weighted by Crippen LogP contribution is -2.25. The van der Waals surface area contributed by atoms with Crippen LogP contribution >= 0.6 is 0 Å². The number of nitrogens with one attached hydrogen (secondary N) is 1. The van der Waals surface area contributed by atoms with E-state index in [-0.39, 0.29) is 5.91 Å². The highest BCUT2D eigenvalue weighted by atomic mass is 16.1. The molecule has 3 rings (SSSR count). The zero-order valence-corrected chi connectivity index (χ0v) is 15.5. The first-order valence-electron chi connectivity index (χ1n) is 9.31. The molecule has 2 heterocycles. The van der Waals surface area contributed by atoms with Gasteiger partial charge in [0.15, 0.2) is 0 Å². The van der Waals surface area contributed by atoms with Crippen molar-refractivity contribution in [3.05, 3.63) is 60.2 Å². The summed E-state index contributed by atoms with van der Waals surface area (Å²) in [6, 6.07) is 11.8. The molecule has 0 saturated heterocycles. The summed E-state index contributed by atoms with van der Waals surface area (Å²) < 4.78 is 2.34. The van der Waals surface area contributed by atoms with Gasteiger partial charge in [0.1, 0.15) is 5.82 Å². The molecule has 2 aromatic heterocycles. The van der Waals surface area contributed by atoms with E-state index in [9.17, 15) is 4.79 Å². The molecule has 0 aliphatic rings. The number of amides is 1. The van der Waals surface area contributed by atoms with Crippen molar-refractivity contribution in [2.45, 2.75) is 39.7 Å². The molecule has 0 saturated carbocycles. The third-order valence-electron chi connectivity index (χ3n) is 4.71. The Bertz CT molecular complexity index is 857. The number of aryl methyl sites for hydroxylation is 1. The van der Waals surface area contributed by atoms with Crippen LogP contribution in [-0.2, 0) is 13.0 Å². The van der Waals surface area contributed by atoms with Crippen LogP contribution < -0.4 is 5.32 Å². The fourth-order valence-electron chi connectivity index (χ4n) is 3.01. The first kappa shape index (κ1) is 18.1. The standard InChI is InChI=1S/C21H26N4O/c1-3-16(2)15-25-19-10-5-4-9-18(19)24-20(25)11-7-13-23-21(26)17-8-6-12-22-14-17/h4-6,8-10,12,14,16H,3,7,11,13,15H2,1-2H3,(H,23,26). The third-order valence-corrected chi connectivity index (χ3v) is 4.71. The Kier molecular flexibility index (Phi) is 6.00. The number of carbonyl (C=O) groups is 1. The first-order valence-corrected chi connectivity index (χ1v) is 9.31. The lowest BCUT2D eigenvalue weighted by Gasteiger charge is -2.14. The third kappa shape index (κ3) is 4.28. The topological polar surface area (TPSA) is 59.8 Å². The summed E-state index contributed by atoms with van der Waals surface area (Å²) in [6.07, 6.45) is 6.10. The van der Waals surface area contributed by atoms with Gasteiger partial charge in [0, 0.05) is 31.9 Å². The summed E-state index contributed by atoms with van der Waals surface area (Å²) in [5, 5.41) is 2.96. The van der Waals surface area contributed by atoms with Gasteiger partial charge in [-0.1, -0.05) is 32.4 Å². The number of fused-ring (bicyclic) bond motifs is 1. The average molecular weight is 350 g/mol. The van der Waals surface area contributed by atoms with Gasteiger partial charge in [0.25, 0.3) is 5.91 Å². The van der Waals surface area contributed by atoms with Crippen LogP contribution in [0.5, 0.6) is 0 Å². The van der Waals surface area contributed by atoms with Crippen molar-refractivity contribution in [1.82, 2.24) is 19.9 Å². The molecule has 5 heteroatoms. The summed E-state index contributed by atoms with van der Waals surface area (Å²) in [6.45, 7) is 6.10. The SMILES string of the molecule is CCC(C)Cn1c(CCCNC(=O)c2cccnc2)nc2ccccc21. The molecule has 1 aromatic carbocycles. The number of hydrogen-bond acceptors (Lipinski definition) is 3. The molecule has 0 radical (unpaired) electrons. The quantitative estimate of drug-likeness (QED) is 0.628. The van der Waals surface area contributed by atoms with Crippen LogP contribution in [0.25, 0.3) is 11.0 Å². The Hall–Kier alpha value is -2.69. The first-order chi connectivity index (χ1) is 12.7. The number of nitrogens with zero attached hydrogens (tertiary/aromatic N) is 3. The van der Waals surface area contributed by atoms with E-state index in [0.717, 1.165) is 37.1 Å². The van der Waals surface area contributed by atoms with Crippen LogP contribution in [0, 0.1) is 5.92 Å². The Labute approximate surface area is 154 Å². The summed E-state index contributed by atoms with van der Waals surface area (Å²) in [7, 11) is 0. The number of pyridine rings is 1. The van der Waals surface area contributed by atoms with Crippen molar-refractivity contribution in [1.29, 1.82) is 0 Å². The van der Waals surface area contributed by atoms with Gasteiger partial charge in [-0.25, -0.2) is 4.98 Å². The lowest BCUT2D eigenvalue weighted by atomic mass is 10.1. The second-order valence-electron chi connectivity index (χ2n) is 6.74. The van der Waals surface area contributed by atoms with Crippen molar-refractivity contribution < 1.29 is 4.79 Å². The zero-order chi connectivity index (χ0) is 18.4. The van der Waals surface area contributed by atoms with Gasteiger partial charge in [-0.2, -0.15) is 0 Å². The van der Waals surface area contributed by atoms with Crippen LogP contribution in [0.1, 0.15) is 42.9 Å². The van der Waals surface area contributed by atoms with E-state index in [2.05, 4.69) is 46.9 Å². The number of benzene rings is 1. The molecule has 0 spiro atoms. The zero-order valence-electron chi connectivity index (χ0n) is 15.5. The lowest BCUT2D eigenvalue weighted by molar-refractivity contribution is 0.0953. The molecule has 1 unspecified atom stereocenters. The molecule has 1 amide bonds. The van der Waals surface area contributed by atoms with Gasteiger partial charge >= 0.3 is 0 Å². The molecular weight excluding hydrogens is 324 g/mol. The van der Waals surface area contributed by atoms with Gasteiger partial charge in [-0.3, -0.25) is 9.78 Å². The van der Waals surface area contributed by atoms with Crippen LogP contribution in [0.4, 0.5) is 0 Å². The fraction of sp³-hybridized carbons (Fsp3) is 0.381. The maximum atomic E-state index is 12.1. The summed E-state index contributed by atoms with van der Waals surface area (Å²) in [5.74, 6) is 1.63. The monoisotopic (exact) mass is 350 g/mol. The van der Waals surface area contributed by atoms with Crippen LogP contribution in [-0.4, -0.2) is 27.0 Å². The largest absolute Gasteiger partial charge is 0.352 e. The molecule has 1 N–H and O–H groups in total. The van der Waals surface area contributed by atoms with Crippen LogP contribution in [0.2, 0.25) is 0 Å². The minimum atomic E-state index is -0.0776. The smallest absolute Gasteiger partial charge is 0.252 e. The average Bonchev–Trinajstić information content (AvgIpc) is 3.03. The number of hydrogen-bond donors (Lipinski definition) is 1. The highest BCUT2D eigenvalue weighted by Gasteiger charge is 2.12. The van der Waals surface area contributed by atoms with E-state index >= 15 is 0 Å². The van der Waals surface area contributed by atoms with E-state index in [1.54, 1.807) is 24.5 Å². The summed E-state index contributed by atoms with van der Waals surface area (Å²) in [4.78, 5) is 20.9. The van der Waals surface area contributed by atoms with E-state index in [1.807, 2.05) is 6.07 Å². The molecule has 0 aliphatic heterocycles. The van der Waals surface area contributed by atoms with Gasteiger partial charge in [0.05, 0.1) is 16.6 Å². The minimum absolute atomic E-state index is 0.0776. The minimum Gasteiger partial charge on any atom is -0.352 e. The highest BCUT2D eigenvalue weighted by molar-refractivity contribution is 5.93. The number of carbonyl (C=O) groups excluding carboxylic acids is 1. The predicted octanol–water partition coefficient (Wildman–Crippen LogP) is 3.84. The molecule has 0 fully saturated rings. The van der Waals surface area contributed by atoms with E-state index in [0.29, 0.717) is 18.0 Å². The molecule has 0 bridgehead atoms. The number of rotatable bonds is 8. The van der Waals surface area contributed by atoms with Crippen LogP contribution in [0.3, 0.4) is 0 Å². The van der Waals surface area contributed by atoms with Crippen LogP contribution in [0.15, 0.2) is 48.8 Å². The molecule has 1 atom stereocenters. The molecule has 5 nitrogen and oxygen atoms in total. The van der Waals surface area contributed by atoms with Gasteiger partial charge < -0.3 is 9.88 Å². The Morgan fingerprint density at radius 1 is 1.23 bits per heavy atom. The highest BCUT2D eigenvalue weighted by Crippen LogP contribution is 2.19. The fourth-order valence-corrected chi connectivity index (χ4v) is 3.01. The molecular formula is C21H26N4O. The van der Waals surface area contributed by atoms with E-state index in [1.165, 1.54) is 5.52 Å². The van der Waals surface area contributed by atoms with Gasteiger partial charge in [0.2, 0.25) is 0 Å². The maximum Gasteiger partial charge on any atom is 0.252 e. The van der Waals surface area contributed by atoms with Crippen molar-refractivity contribution in [3.63, 3.8) is 0 Å². The molecule has 136 valence electrons. The number of aromatic nitrogens is 3. The summed E-state index contributed by atoms with van der Waals surface area (Å²) >= 11 is 0. The van der Waals surface area contributed by atoms with E-state index in [4.69, 9.17) is 4.98 Å². The van der Waals surface area contributed by atoms with Crippen molar-refractivity contribution in [3.8, 4) is 0 Å². The van der Waals surface area contributed by atoms with Crippen molar-refractivity contribution in [2.75, 3.05) is 6.54 Å². The second kappa shape index (κ2) is 8.61. The maximum absolute atomic E-state index is 12.1. The number of para-hydroxylation sites is 2. The number of imidazole rings is 1. The van der Waals surface area contributed by atoms with Crippen molar-refractivity contribution >= 4 is 16.9 Å². The van der Waals surface area contributed by atoms with Gasteiger partial charge in [-0.05, 0) is 36.6 Å². The Morgan fingerprint density at radius 3 is 2.85 bits per heavy atom. The normalized spacial score (nSPS) is 12.2. The molecule has 3 aromatic rings. The predicted molar refractivity (Wildman–Crippen MR) is 104 cm³/mol. The second-order valence-corrected chi connectivity index (χ2v) is 6.74. The van der Waals surface area contributed by atoms with E-state index < -0.39 is 0 Å². The van der Waals surface area contributed by atoms with Crippen molar-refractivity contribution in [2.24, 2.45) is 5.92 Å². The Morgan fingerprint density at radius 2 is 2.08 bits per heavy atom. The summed E-state index contributed by atoms with van der Waals surface area (Å²) in [5.41, 5.74) is 2.84.